The van der Waals surface area contributed by atoms with E-state index in [2.05, 4.69) is 10.3 Å². The topological polar surface area (TPSA) is 82.5 Å². The summed E-state index contributed by atoms with van der Waals surface area (Å²) in [7, 11) is 0. The van der Waals surface area contributed by atoms with Gasteiger partial charge in [0.1, 0.15) is 0 Å². The molecule has 1 saturated carbocycles. The van der Waals surface area contributed by atoms with E-state index in [4.69, 9.17) is 5.11 Å². The van der Waals surface area contributed by atoms with Crippen molar-refractivity contribution in [3.05, 3.63) is 16.1 Å². The van der Waals surface area contributed by atoms with Crippen LogP contribution in [0.25, 0.3) is 0 Å². The van der Waals surface area contributed by atoms with Gasteiger partial charge in [-0.2, -0.15) is 0 Å². The molecule has 2 rings (SSSR count). The van der Waals surface area contributed by atoms with E-state index < -0.39 is 5.97 Å². The van der Waals surface area contributed by atoms with Gasteiger partial charge in [-0.25, -0.2) is 9.78 Å². The van der Waals surface area contributed by atoms with Crippen molar-refractivity contribution >= 4 is 17.3 Å². The largest absolute Gasteiger partial charge is 0.476 e. The van der Waals surface area contributed by atoms with E-state index in [1.807, 2.05) is 0 Å². The minimum absolute atomic E-state index is 0.114. The van der Waals surface area contributed by atoms with E-state index >= 15 is 0 Å². The Morgan fingerprint density at radius 3 is 2.81 bits per heavy atom. The second-order valence-corrected chi connectivity index (χ2v) is 4.95. The van der Waals surface area contributed by atoms with Gasteiger partial charge in [0.25, 0.3) is 0 Å². The quantitative estimate of drug-likeness (QED) is 0.713. The smallest absolute Gasteiger partial charge is 0.365 e. The molecule has 0 atom stereocenters. The first-order valence-corrected chi connectivity index (χ1v) is 6.07. The summed E-state index contributed by atoms with van der Waals surface area (Å²) in [6, 6.07) is 0. The zero-order valence-corrected chi connectivity index (χ0v) is 9.59. The number of aromatic nitrogens is 1. The van der Waals surface area contributed by atoms with E-state index in [1.165, 1.54) is 0 Å². The van der Waals surface area contributed by atoms with Crippen LogP contribution in [0, 0.1) is 0 Å². The summed E-state index contributed by atoms with van der Waals surface area (Å²) in [5.41, 5.74) is 0.564. The molecule has 0 aliphatic heterocycles. The zero-order valence-electron chi connectivity index (χ0n) is 8.77. The molecule has 1 aliphatic rings. The molecular weight excluding hydrogens is 228 g/mol. The first-order valence-electron chi connectivity index (χ1n) is 5.19. The maximum Gasteiger partial charge on any atom is 0.365 e. The van der Waals surface area contributed by atoms with Gasteiger partial charge in [0.05, 0.1) is 12.3 Å². The van der Waals surface area contributed by atoms with Gasteiger partial charge < -0.3 is 15.5 Å². The van der Waals surface area contributed by atoms with Crippen molar-refractivity contribution in [2.75, 3.05) is 6.61 Å². The van der Waals surface area contributed by atoms with Gasteiger partial charge in [-0.05, 0) is 19.3 Å². The SMILES string of the molecule is O=C(O)c1nc(CNC2(CO)CCC2)cs1. The van der Waals surface area contributed by atoms with Gasteiger partial charge in [-0.1, -0.05) is 0 Å². The van der Waals surface area contributed by atoms with Crippen LogP contribution in [0.3, 0.4) is 0 Å². The second kappa shape index (κ2) is 4.48. The van der Waals surface area contributed by atoms with Crippen molar-refractivity contribution in [1.29, 1.82) is 0 Å². The molecule has 3 N–H and O–H groups in total. The Morgan fingerprint density at radius 2 is 2.38 bits per heavy atom. The van der Waals surface area contributed by atoms with Crippen molar-refractivity contribution in [3.63, 3.8) is 0 Å². The van der Waals surface area contributed by atoms with Crippen LogP contribution in [0.2, 0.25) is 0 Å². The third-order valence-corrected chi connectivity index (χ3v) is 3.87. The third kappa shape index (κ3) is 2.23. The van der Waals surface area contributed by atoms with Gasteiger partial charge in [-0.3, -0.25) is 0 Å². The predicted molar refractivity (Wildman–Crippen MR) is 59.6 cm³/mol. The number of nitrogens with one attached hydrogen (secondary N) is 1. The minimum Gasteiger partial charge on any atom is -0.476 e. The second-order valence-electron chi connectivity index (χ2n) is 4.09. The van der Waals surface area contributed by atoms with Crippen molar-refractivity contribution in [3.8, 4) is 0 Å². The summed E-state index contributed by atoms with van der Waals surface area (Å²) in [5.74, 6) is -0.989. The Balaban J connectivity index is 1.91. The lowest BCUT2D eigenvalue weighted by Crippen LogP contribution is -2.53. The first kappa shape index (κ1) is 11.5. The van der Waals surface area contributed by atoms with Gasteiger partial charge in [0.2, 0.25) is 5.01 Å². The number of aromatic carboxylic acids is 1. The Bertz CT molecular complexity index is 382. The number of aliphatic hydroxyl groups is 1. The predicted octanol–water partition coefficient (Wildman–Crippen LogP) is 0.846. The Hall–Kier alpha value is -0.980. The van der Waals surface area contributed by atoms with E-state index in [1.54, 1.807) is 5.38 Å². The zero-order chi connectivity index (χ0) is 11.6. The average molecular weight is 242 g/mol. The van der Waals surface area contributed by atoms with E-state index in [0.717, 1.165) is 36.3 Å². The maximum absolute atomic E-state index is 10.6. The number of thiazole rings is 1. The molecule has 1 aromatic heterocycles. The average Bonchev–Trinajstić information content (AvgIpc) is 2.65. The van der Waals surface area contributed by atoms with Crippen molar-refractivity contribution < 1.29 is 15.0 Å². The van der Waals surface area contributed by atoms with Crippen LogP contribution in [0.15, 0.2) is 5.38 Å². The number of carbonyl (C=O) groups is 1. The molecule has 0 aromatic carbocycles. The third-order valence-electron chi connectivity index (χ3n) is 2.99. The van der Waals surface area contributed by atoms with Gasteiger partial charge >= 0.3 is 5.97 Å². The van der Waals surface area contributed by atoms with Crippen molar-refractivity contribution in [1.82, 2.24) is 10.3 Å². The van der Waals surface area contributed by atoms with Crippen molar-refractivity contribution in [2.24, 2.45) is 0 Å². The molecule has 0 spiro atoms. The summed E-state index contributed by atoms with van der Waals surface area (Å²) >= 11 is 1.13. The van der Waals surface area contributed by atoms with E-state index in [9.17, 15) is 9.90 Å². The van der Waals surface area contributed by atoms with Crippen LogP contribution < -0.4 is 5.32 Å². The molecule has 5 nitrogen and oxygen atoms in total. The summed E-state index contributed by atoms with van der Waals surface area (Å²) in [6.45, 7) is 0.646. The van der Waals surface area contributed by atoms with Crippen LogP contribution in [-0.4, -0.2) is 33.3 Å². The summed E-state index contributed by atoms with van der Waals surface area (Å²) in [6.07, 6.45) is 3.07. The number of carboxylic acid groups (broad SMARTS) is 1. The minimum atomic E-state index is -0.989. The van der Waals surface area contributed by atoms with Gasteiger partial charge in [-0.15, -0.1) is 11.3 Å². The highest BCUT2D eigenvalue weighted by atomic mass is 32.1. The lowest BCUT2D eigenvalue weighted by Gasteiger charge is -2.41. The van der Waals surface area contributed by atoms with Crippen LogP contribution in [0.1, 0.15) is 34.8 Å². The van der Waals surface area contributed by atoms with Crippen LogP contribution >= 0.6 is 11.3 Å². The maximum atomic E-state index is 10.6. The Labute approximate surface area is 97.1 Å². The van der Waals surface area contributed by atoms with Crippen LogP contribution in [0.5, 0.6) is 0 Å². The fourth-order valence-corrected chi connectivity index (χ4v) is 2.41. The number of rotatable bonds is 5. The highest BCUT2D eigenvalue weighted by Crippen LogP contribution is 2.31. The Kier molecular flexibility index (Phi) is 3.22. The standard InChI is InChI=1S/C10H14N2O3S/c13-6-10(2-1-3-10)11-4-7-5-16-8(12-7)9(14)15/h5,11,13H,1-4,6H2,(H,14,15). The molecule has 1 aromatic rings. The molecule has 16 heavy (non-hydrogen) atoms. The molecule has 0 saturated heterocycles. The summed E-state index contributed by atoms with van der Waals surface area (Å²) in [4.78, 5) is 14.6. The van der Waals surface area contributed by atoms with Crippen LogP contribution in [-0.2, 0) is 6.54 Å². The first-order chi connectivity index (χ1) is 7.65. The lowest BCUT2D eigenvalue weighted by molar-refractivity contribution is 0.0695. The molecule has 88 valence electrons. The summed E-state index contributed by atoms with van der Waals surface area (Å²) in [5, 5.41) is 23.1. The number of hydrogen-bond acceptors (Lipinski definition) is 5. The molecule has 1 heterocycles. The Morgan fingerprint density at radius 1 is 1.62 bits per heavy atom. The number of nitrogens with zero attached hydrogens (tertiary/aromatic N) is 1. The number of hydrogen-bond donors (Lipinski definition) is 3. The normalized spacial score (nSPS) is 18.1. The molecule has 0 bridgehead atoms. The van der Waals surface area contributed by atoms with Gasteiger partial charge in [0, 0.05) is 17.5 Å². The van der Waals surface area contributed by atoms with Crippen LogP contribution in [0.4, 0.5) is 0 Å². The van der Waals surface area contributed by atoms with Crippen molar-refractivity contribution in [2.45, 2.75) is 31.3 Å². The number of carboxylic acids is 1. The molecule has 0 radical (unpaired) electrons. The molecule has 0 unspecified atom stereocenters. The molecular formula is C10H14N2O3S. The molecule has 1 fully saturated rings. The number of aliphatic hydroxyl groups excluding tert-OH is 1. The van der Waals surface area contributed by atoms with Gasteiger partial charge in [0.15, 0.2) is 0 Å². The molecule has 6 heteroatoms. The van der Waals surface area contributed by atoms with E-state index in [0.29, 0.717) is 6.54 Å². The highest BCUT2D eigenvalue weighted by molar-refractivity contribution is 7.11. The fraction of sp³-hybridized carbons (Fsp3) is 0.600. The highest BCUT2D eigenvalue weighted by Gasteiger charge is 2.35. The fourth-order valence-electron chi connectivity index (χ4n) is 1.76. The van der Waals surface area contributed by atoms with E-state index in [-0.39, 0.29) is 17.2 Å². The summed E-state index contributed by atoms with van der Waals surface area (Å²) < 4.78 is 0. The monoisotopic (exact) mass is 242 g/mol. The molecule has 1 aliphatic carbocycles. The molecule has 0 amide bonds. The lowest BCUT2D eigenvalue weighted by atomic mass is 9.77.